The van der Waals surface area contributed by atoms with Crippen molar-refractivity contribution in [3.8, 4) is 0 Å². The highest BCUT2D eigenvalue weighted by molar-refractivity contribution is 7.13. The molecule has 0 spiro atoms. The van der Waals surface area contributed by atoms with Gasteiger partial charge in [0.1, 0.15) is 5.60 Å². The number of carbonyl (C=O) groups excluding carboxylic acids is 2. The summed E-state index contributed by atoms with van der Waals surface area (Å²) < 4.78 is 5.14. The van der Waals surface area contributed by atoms with Gasteiger partial charge in [-0.2, -0.15) is 0 Å². The first kappa shape index (κ1) is 18.5. The number of anilines is 1. The van der Waals surface area contributed by atoms with Gasteiger partial charge in [0.25, 0.3) is 0 Å². The van der Waals surface area contributed by atoms with Crippen molar-refractivity contribution in [3.63, 3.8) is 0 Å². The summed E-state index contributed by atoms with van der Waals surface area (Å²) in [7, 11) is 0. The Kier molecular flexibility index (Phi) is 6.42. The first-order valence-electron chi connectivity index (χ1n) is 8.24. The van der Waals surface area contributed by atoms with Gasteiger partial charge in [-0.1, -0.05) is 0 Å². The molecular formula is C16H26N4O3S. The molecule has 1 aromatic heterocycles. The summed E-state index contributed by atoms with van der Waals surface area (Å²) in [6, 6.07) is 0. The first-order chi connectivity index (χ1) is 11.3. The Balaban J connectivity index is 1.61. The predicted octanol–water partition coefficient (Wildman–Crippen LogP) is 2.00. The number of rotatable bonds is 5. The fraction of sp³-hybridized carbons (Fsp3) is 0.688. The van der Waals surface area contributed by atoms with Gasteiger partial charge in [0.2, 0.25) is 5.91 Å². The molecule has 2 heterocycles. The van der Waals surface area contributed by atoms with E-state index in [9.17, 15) is 9.59 Å². The Labute approximate surface area is 146 Å². The van der Waals surface area contributed by atoms with E-state index in [1.165, 1.54) is 0 Å². The van der Waals surface area contributed by atoms with Crippen LogP contribution in [0.4, 0.5) is 9.93 Å². The highest BCUT2D eigenvalue weighted by Gasteiger charge is 2.25. The van der Waals surface area contributed by atoms with Gasteiger partial charge in [0.15, 0.2) is 5.13 Å². The lowest BCUT2D eigenvalue weighted by atomic mass is 9.96. The molecule has 0 radical (unpaired) electrons. The van der Waals surface area contributed by atoms with Gasteiger partial charge in [-0.3, -0.25) is 4.79 Å². The number of carbonyl (C=O) groups is 2. The maximum atomic E-state index is 12.2. The van der Waals surface area contributed by atoms with Crippen LogP contribution in [-0.2, 0) is 9.53 Å². The monoisotopic (exact) mass is 354 g/mol. The van der Waals surface area contributed by atoms with Gasteiger partial charge >= 0.3 is 6.09 Å². The minimum absolute atomic E-state index is 0.0303. The number of alkyl carbamates (subject to hydrolysis) is 1. The van der Waals surface area contributed by atoms with Crippen molar-refractivity contribution in [2.45, 2.75) is 39.2 Å². The van der Waals surface area contributed by atoms with E-state index in [2.05, 4.69) is 20.5 Å². The number of thiazole rings is 1. The number of nitrogens with one attached hydrogen (secondary N) is 2. The smallest absolute Gasteiger partial charge is 0.407 e. The Bertz CT molecular complexity index is 534. The molecule has 1 aliphatic heterocycles. The first-order valence-corrected chi connectivity index (χ1v) is 9.12. The van der Waals surface area contributed by atoms with Crippen molar-refractivity contribution in [2.75, 3.05) is 31.1 Å². The van der Waals surface area contributed by atoms with Crippen LogP contribution >= 0.6 is 11.3 Å². The quantitative estimate of drug-likeness (QED) is 0.790. The topological polar surface area (TPSA) is 83.6 Å². The predicted molar refractivity (Wildman–Crippen MR) is 94.3 cm³/mol. The average molecular weight is 354 g/mol. The molecule has 0 bridgehead atoms. The van der Waals surface area contributed by atoms with Gasteiger partial charge in [-0.25, -0.2) is 9.78 Å². The summed E-state index contributed by atoms with van der Waals surface area (Å²) in [6.07, 6.45) is 2.99. The van der Waals surface area contributed by atoms with E-state index in [0.717, 1.165) is 31.1 Å². The van der Waals surface area contributed by atoms with Crippen molar-refractivity contribution < 1.29 is 14.3 Å². The van der Waals surface area contributed by atoms with Crippen molar-refractivity contribution >= 4 is 28.5 Å². The summed E-state index contributed by atoms with van der Waals surface area (Å²) in [5.74, 6) is 0.0857. The third kappa shape index (κ3) is 5.99. The Morgan fingerprint density at radius 2 is 1.96 bits per heavy atom. The van der Waals surface area contributed by atoms with Crippen LogP contribution in [0.2, 0.25) is 0 Å². The highest BCUT2D eigenvalue weighted by atomic mass is 32.1. The van der Waals surface area contributed by atoms with E-state index in [0.29, 0.717) is 13.1 Å². The zero-order chi connectivity index (χ0) is 17.6. The van der Waals surface area contributed by atoms with E-state index in [1.54, 1.807) is 17.5 Å². The molecule has 2 rings (SSSR count). The maximum Gasteiger partial charge on any atom is 0.407 e. The zero-order valence-electron chi connectivity index (χ0n) is 14.5. The lowest BCUT2D eigenvalue weighted by Crippen LogP contribution is -2.43. The summed E-state index contributed by atoms with van der Waals surface area (Å²) >= 11 is 1.62. The zero-order valence-corrected chi connectivity index (χ0v) is 15.3. The van der Waals surface area contributed by atoms with Crippen LogP contribution in [0.15, 0.2) is 11.6 Å². The highest BCUT2D eigenvalue weighted by Crippen LogP contribution is 2.24. The van der Waals surface area contributed by atoms with Crippen molar-refractivity contribution in [1.82, 2.24) is 15.6 Å². The molecule has 2 N–H and O–H groups in total. The molecule has 0 aliphatic carbocycles. The largest absolute Gasteiger partial charge is 0.444 e. The van der Waals surface area contributed by atoms with E-state index >= 15 is 0 Å². The second-order valence-electron chi connectivity index (χ2n) is 6.80. The van der Waals surface area contributed by atoms with Gasteiger partial charge < -0.3 is 20.3 Å². The molecule has 1 fully saturated rings. The van der Waals surface area contributed by atoms with Crippen LogP contribution in [0.1, 0.15) is 33.6 Å². The van der Waals surface area contributed by atoms with Gasteiger partial charge in [0, 0.05) is 43.7 Å². The number of amides is 2. The van der Waals surface area contributed by atoms with E-state index < -0.39 is 11.7 Å². The second kappa shape index (κ2) is 8.32. The van der Waals surface area contributed by atoms with Gasteiger partial charge in [-0.05, 0) is 33.6 Å². The molecule has 134 valence electrons. The van der Waals surface area contributed by atoms with Crippen LogP contribution in [0, 0.1) is 5.92 Å². The minimum Gasteiger partial charge on any atom is -0.444 e. The third-order valence-corrected chi connectivity index (χ3v) is 4.48. The second-order valence-corrected chi connectivity index (χ2v) is 7.67. The van der Waals surface area contributed by atoms with Crippen LogP contribution in [0.25, 0.3) is 0 Å². The number of hydrogen-bond donors (Lipinski definition) is 2. The summed E-state index contributed by atoms with van der Waals surface area (Å²) in [5, 5.41) is 8.50. The van der Waals surface area contributed by atoms with Crippen molar-refractivity contribution in [1.29, 1.82) is 0 Å². The molecular weight excluding hydrogens is 328 g/mol. The summed E-state index contributed by atoms with van der Waals surface area (Å²) in [5.41, 5.74) is -0.515. The lowest BCUT2D eigenvalue weighted by Gasteiger charge is -2.31. The molecule has 1 saturated heterocycles. The maximum absolute atomic E-state index is 12.2. The summed E-state index contributed by atoms with van der Waals surface area (Å²) in [4.78, 5) is 30.2. The number of ether oxygens (including phenoxy) is 1. The third-order valence-electron chi connectivity index (χ3n) is 3.65. The molecule has 0 atom stereocenters. The summed E-state index contributed by atoms with van der Waals surface area (Å²) in [6.45, 7) is 7.90. The Morgan fingerprint density at radius 1 is 1.29 bits per heavy atom. The molecule has 1 aliphatic rings. The van der Waals surface area contributed by atoms with Crippen molar-refractivity contribution in [3.05, 3.63) is 11.6 Å². The molecule has 24 heavy (non-hydrogen) atoms. The van der Waals surface area contributed by atoms with E-state index in [-0.39, 0.29) is 11.8 Å². The molecule has 0 unspecified atom stereocenters. The molecule has 1 aromatic rings. The van der Waals surface area contributed by atoms with Gasteiger partial charge in [-0.15, -0.1) is 11.3 Å². The van der Waals surface area contributed by atoms with E-state index in [1.807, 2.05) is 26.2 Å². The van der Waals surface area contributed by atoms with Gasteiger partial charge in [0.05, 0.1) is 0 Å². The molecule has 0 aromatic carbocycles. The van der Waals surface area contributed by atoms with Crippen LogP contribution in [0.3, 0.4) is 0 Å². The molecule has 7 nitrogen and oxygen atoms in total. The van der Waals surface area contributed by atoms with Crippen molar-refractivity contribution in [2.24, 2.45) is 5.92 Å². The SMILES string of the molecule is CC(C)(C)OC(=O)NCCNC(=O)C1CCN(c2nccs2)CC1. The number of nitrogens with zero attached hydrogens (tertiary/aromatic N) is 2. The fourth-order valence-electron chi connectivity index (χ4n) is 2.51. The number of aromatic nitrogens is 1. The Hall–Kier alpha value is -1.83. The Morgan fingerprint density at radius 3 is 2.54 bits per heavy atom. The lowest BCUT2D eigenvalue weighted by molar-refractivity contribution is -0.125. The van der Waals surface area contributed by atoms with E-state index in [4.69, 9.17) is 4.74 Å². The fourth-order valence-corrected chi connectivity index (χ4v) is 3.21. The standard InChI is InChI=1S/C16H26N4O3S/c1-16(2,3)23-15(22)19-7-6-17-13(21)12-4-9-20(10-5-12)14-18-8-11-24-14/h8,11-12H,4-7,9-10H2,1-3H3,(H,17,21)(H,19,22). The van der Waals surface area contributed by atoms with Crippen LogP contribution in [-0.4, -0.2) is 48.8 Å². The minimum atomic E-state index is -0.515. The number of piperidine rings is 1. The average Bonchev–Trinajstić information content (AvgIpc) is 3.04. The molecule has 2 amide bonds. The molecule has 8 heteroatoms. The normalized spacial score (nSPS) is 15.9. The molecule has 0 saturated carbocycles. The van der Waals surface area contributed by atoms with Crippen LogP contribution in [0.5, 0.6) is 0 Å². The van der Waals surface area contributed by atoms with Crippen LogP contribution < -0.4 is 15.5 Å². The number of hydrogen-bond acceptors (Lipinski definition) is 6.